The number of nitrogens with zero attached hydrogens (tertiary/aromatic N) is 3. The average Bonchev–Trinajstić information content (AvgIpc) is 2.86. The maximum atomic E-state index is 6.23. The fraction of sp³-hybridized carbons (Fsp3) is 0.467. The molecule has 2 aromatic rings. The van der Waals surface area contributed by atoms with Crippen LogP contribution in [0.2, 0.25) is 0 Å². The number of nitrogens with two attached hydrogens (primary N) is 1. The van der Waals surface area contributed by atoms with Gasteiger partial charge in [-0.3, -0.25) is 9.67 Å². The van der Waals surface area contributed by atoms with Crippen molar-refractivity contribution in [3.05, 3.63) is 47.5 Å². The Labute approximate surface area is 114 Å². The summed E-state index contributed by atoms with van der Waals surface area (Å²) in [7, 11) is 0. The lowest BCUT2D eigenvalue weighted by Gasteiger charge is -2.12. The summed E-state index contributed by atoms with van der Waals surface area (Å²) in [6.45, 7) is 6.37. The molecule has 0 bridgehead atoms. The van der Waals surface area contributed by atoms with Gasteiger partial charge in [-0.05, 0) is 38.0 Å². The molecular formula is C15H22N4. The highest BCUT2D eigenvalue weighted by molar-refractivity contribution is 5.22. The number of hydrogen-bond acceptors (Lipinski definition) is 3. The van der Waals surface area contributed by atoms with Crippen LogP contribution in [0.5, 0.6) is 0 Å². The summed E-state index contributed by atoms with van der Waals surface area (Å²) in [6, 6.07) is 6.36. The third-order valence-corrected chi connectivity index (χ3v) is 3.54. The predicted octanol–water partition coefficient (Wildman–Crippen LogP) is 2.80. The van der Waals surface area contributed by atoms with Crippen molar-refractivity contribution in [2.24, 2.45) is 5.73 Å². The molecule has 0 aromatic carbocycles. The lowest BCUT2D eigenvalue weighted by molar-refractivity contribution is 0.471. The van der Waals surface area contributed by atoms with E-state index >= 15 is 0 Å². The van der Waals surface area contributed by atoms with Gasteiger partial charge in [-0.15, -0.1) is 0 Å². The Bertz CT molecular complexity index is 532. The zero-order chi connectivity index (χ0) is 13.8. The molecule has 0 spiro atoms. The van der Waals surface area contributed by atoms with Crippen molar-refractivity contribution in [3.63, 3.8) is 0 Å². The van der Waals surface area contributed by atoms with E-state index in [-0.39, 0.29) is 6.04 Å². The number of aryl methyl sites for hydroxylation is 1. The van der Waals surface area contributed by atoms with Gasteiger partial charge >= 0.3 is 0 Å². The Morgan fingerprint density at radius 2 is 2.16 bits per heavy atom. The van der Waals surface area contributed by atoms with Crippen molar-refractivity contribution in [1.82, 2.24) is 14.8 Å². The quantitative estimate of drug-likeness (QED) is 0.897. The van der Waals surface area contributed by atoms with Gasteiger partial charge < -0.3 is 5.73 Å². The van der Waals surface area contributed by atoms with E-state index in [1.54, 1.807) is 6.20 Å². The fourth-order valence-electron chi connectivity index (χ4n) is 2.13. The number of aromatic nitrogens is 3. The topological polar surface area (TPSA) is 56.7 Å². The summed E-state index contributed by atoms with van der Waals surface area (Å²) in [5.41, 5.74) is 9.35. The molecule has 4 nitrogen and oxygen atoms in total. The summed E-state index contributed by atoms with van der Waals surface area (Å²) in [4.78, 5) is 4.37. The molecule has 2 atom stereocenters. The van der Waals surface area contributed by atoms with Gasteiger partial charge in [0.2, 0.25) is 0 Å². The smallest absolute Gasteiger partial charge is 0.0644 e. The van der Waals surface area contributed by atoms with Crippen LogP contribution in [0.3, 0.4) is 0 Å². The van der Waals surface area contributed by atoms with Crippen molar-refractivity contribution in [3.8, 4) is 0 Å². The molecule has 2 rings (SSSR count). The van der Waals surface area contributed by atoms with Gasteiger partial charge in [0.1, 0.15) is 0 Å². The second-order valence-electron chi connectivity index (χ2n) is 5.06. The molecule has 0 saturated carbocycles. The van der Waals surface area contributed by atoms with Crippen LogP contribution in [0, 0.1) is 6.92 Å². The lowest BCUT2D eigenvalue weighted by Crippen LogP contribution is -2.17. The molecule has 0 fully saturated rings. The molecule has 19 heavy (non-hydrogen) atoms. The van der Waals surface area contributed by atoms with E-state index < -0.39 is 0 Å². The van der Waals surface area contributed by atoms with Crippen molar-refractivity contribution >= 4 is 0 Å². The number of rotatable bonds is 5. The van der Waals surface area contributed by atoms with Crippen LogP contribution in [0.15, 0.2) is 30.6 Å². The first kappa shape index (κ1) is 13.7. The number of hydrogen-bond donors (Lipinski definition) is 1. The van der Waals surface area contributed by atoms with E-state index in [1.807, 2.05) is 36.0 Å². The molecule has 0 aliphatic rings. The van der Waals surface area contributed by atoms with Gasteiger partial charge in [0, 0.05) is 24.9 Å². The Kier molecular flexibility index (Phi) is 4.32. The minimum Gasteiger partial charge on any atom is -0.322 e. The van der Waals surface area contributed by atoms with E-state index in [0.717, 1.165) is 29.8 Å². The molecule has 2 heterocycles. The molecule has 102 valence electrons. The molecule has 0 aliphatic heterocycles. The van der Waals surface area contributed by atoms with Crippen LogP contribution in [0.25, 0.3) is 0 Å². The predicted molar refractivity (Wildman–Crippen MR) is 76.8 cm³/mol. The van der Waals surface area contributed by atoms with Crippen LogP contribution in [-0.4, -0.2) is 14.8 Å². The normalized spacial score (nSPS) is 14.3. The molecule has 4 heteroatoms. The SMILES string of the molecule is CCC(C)n1ccc(CC(N)c2ncccc2C)n1. The van der Waals surface area contributed by atoms with Gasteiger partial charge in [-0.2, -0.15) is 5.10 Å². The largest absolute Gasteiger partial charge is 0.322 e. The van der Waals surface area contributed by atoms with Gasteiger partial charge in [-0.25, -0.2) is 0 Å². The second-order valence-corrected chi connectivity index (χ2v) is 5.06. The Balaban J connectivity index is 2.09. The minimum absolute atomic E-state index is 0.0958. The van der Waals surface area contributed by atoms with Crippen LogP contribution in [0.1, 0.15) is 49.3 Å². The molecule has 2 aromatic heterocycles. The van der Waals surface area contributed by atoms with E-state index in [9.17, 15) is 0 Å². The first-order valence-corrected chi connectivity index (χ1v) is 6.83. The summed E-state index contributed by atoms with van der Waals surface area (Å²) in [5.74, 6) is 0. The van der Waals surface area contributed by atoms with Gasteiger partial charge in [0.05, 0.1) is 17.4 Å². The molecule has 2 N–H and O–H groups in total. The third kappa shape index (κ3) is 3.20. The highest BCUT2D eigenvalue weighted by Gasteiger charge is 2.13. The second kappa shape index (κ2) is 5.97. The van der Waals surface area contributed by atoms with E-state index in [2.05, 4.69) is 23.9 Å². The summed E-state index contributed by atoms with van der Waals surface area (Å²) in [6.07, 6.45) is 5.62. The van der Waals surface area contributed by atoms with E-state index in [4.69, 9.17) is 5.73 Å². The zero-order valence-electron chi connectivity index (χ0n) is 11.9. The van der Waals surface area contributed by atoms with Gasteiger partial charge in [0.25, 0.3) is 0 Å². The highest BCUT2D eigenvalue weighted by Crippen LogP contribution is 2.17. The summed E-state index contributed by atoms with van der Waals surface area (Å²) < 4.78 is 2.01. The average molecular weight is 258 g/mol. The lowest BCUT2D eigenvalue weighted by atomic mass is 10.0. The van der Waals surface area contributed by atoms with Crippen molar-refractivity contribution in [1.29, 1.82) is 0 Å². The van der Waals surface area contributed by atoms with Gasteiger partial charge in [-0.1, -0.05) is 13.0 Å². The van der Waals surface area contributed by atoms with Crippen LogP contribution < -0.4 is 5.73 Å². The molecule has 0 aliphatic carbocycles. The summed E-state index contributed by atoms with van der Waals surface area (Å²) in [5, 5.41) is 4.59. The zero-order valence-corrected chi connectivity index (χ0v) is 11.9. The maximum absolute atomic E-state index is 6.23. The standard InChI is InChI=1S/C15H22N4/c1-4-12(3)19-9-7-13(18-19)10-14(16)15-11(2)6-5-8-17-15/h5-9,12,14H,4,10,16H2,1-3H3. The molecular weight excluding hydrogens is 236 g/mol. The fourth-order valence-corrected chi connectivity index (χ4v) is 2.13. The summed E-state index contributed by atoms with van der Waals surface area (Å²) >= 11 is 0. The Hall–Kier alpha value is -1.68. The van der Waals surface area contributed by atoms with Crippen LogP contribution in [0.4, 0.5) is 0 Å². The van der Waals surface area contributed by atoms with Crippen LogP contribution in [-0.2, 0) is 6.42 Å². The van der Waals surface area contributed by atoms with Crippen molar-refractivity contribution in [2.75, 3.05) is 0 Å². The minimum atomic E-state index is -0.0958. The first-order valence-electron chi connectivity index (χ1n) is 6.83. The number of pyridine rings is 1. The van der Waals surface area contributed by atoms with Crippen molar-refractivity contribution in [2.45, 2.75) is 45.7 Å². The Morgan fingerprint density at radius 1 is 1.37 bits per heavy atom. The maximum Gasteiger partial charge on any atom is 0.0644 e. The van der Waals surface area contributed by atoms with Crippen molar-refractivity contribution < 1.29 is 0 Å². The monoisotopic (exact) mass is 258 g/mol. The molecule has 2 unspecified atom stereocenters. The third-order valence-electron chi connectivity index (χ3n) is 3.54. The van der Waals surface area contributed by atoms with Gasteiger partial charge in [0.15, 0.2) is 0 Å². The highest BCUT2D eigenvalue weighted by atomic mass is 15.3. The first-order chi connectivity index (χ1) is 9.11. The molecule has 0 saturated heterocycles. The van der Waals surface area contributed by atoms with E-state index in [1.165, 1.54) is 0 Å². The van der Waals surface area contributed by atoms with Crippen LogP contribution >= 0.6 is 0 Å². The molecule has 0 radical (unpaired) electrons. The Morgan fingerprint density at radius 3 is 2.84 bits per heavy atom. The molecule has 0 amide bonds. The van der Waals surface area contributed by atoms with E-state index in [0.29, 0.717) is 6.04 Å².